The molecule has 0 aromatic heterocycles. The molecule has 0 aromatic carbocycles. The minimum Gasteiger partial charge on any atom is -0.377 e. The molecule has 0 spiro atoms. The predicted octanol–water partition coefficient (Wildman–Crippen LogP) is 2.38. The maximum atomic E-state index is 12.1. The summed E-state index contributed by atoms with van der Waals surface area (Å²) in [6.45, 7) is 7.88. The Morgan fingerprint density at radius 3 is 2.57 bits per heavy atom. The molecule has 5 heteroatoms. The zero-order valence-electron chi connectivity index (χ0n) is 13.7. The zero-order chi connectivity index (χ0) is 15.5. The van der Waals surface area contributed by atoms with Gasteiger partial charge in [-0.15, -0.1) is 0 Å². The van der Waals surface area contributed by atoms with Gasteiger partial charge in [-0.25, -0.2) is 8.42 Å². The van der Waals surface area contributed by atoms with Crippen molar-refractivity contribution in [3.05, 3.63) is 0 Å². The highest BCUT2D eigenvalue weighted by Crippen LogP contribution is 2.49. The molecule has 1 aliphatic carbocycles. The lowest BCUT2D eigenvalue weighted by Gasteiger charge is -2.35. The molecular weight excluding hydrogens is 286 g/mol. The second-order valence-corrected chi connectivity index (χ2v) is 9.48. The van der Waals surface area contributed by atoms with E-state index in [0.29, 0.717) is 29.9 Å². The van der Waals surface area contributed by atoms with Gasteiger partial charge in [-0.3, -0.25) is 0 Å². The Labute approximate surface area is 129 Å². The van der Waals surface area contributed by atoms with E-state index >= 15 is 0 Å². The molecule has 0 amide bonds. The summed E-state index contributed by atoms with van der Waals surface area (Å²) in [7, 11) is -2.91. The third-order valence-electron chi connectivity index (χ3n) is 4.84. The van der Waals surface area contributed by atoms with Crippen molar-refractivity contribution in [2.75, 3.05) is 24.7 Å². The number of sulfone groups is 1. The van der Waals surface area contributed by atoms with E-state index in [2.05, 4.69) is 19.2 Å². The Bertz CT molecular complexity index is 431. The first-order valence-electron chi connectivity index (χ1n) is 8.44. The van der Waals surface area contributed by atoms with Crippen LogP contribution >= 0.6 is 0 Å². The number of hydrogen-bond acceptors (Lipinski definition) is 4. The molecule has 1 saturated heterocycles. The lowest BCUT2D eigenvalue weighted by molar-refractivity contribution is 0.0283. The van der Waals surface area contributed by atoms with Crippen LogP contribution in [-0.4, -0.2) is 45.2 Å². The summed E-state index contributed by atoms with van der Waals surface area (Å²) in [5.41, 5.74) is 0.0201. The monoisotopic (exact) mass is 317 g/mol. The van der Waals surface area contributed by atoms with Gasteiger partial charge in [0, 0.05) is 30.4 Å². The van der Waals surface area contributed by atoms with Crippen LogP contribution in [-0.2, 0) is 14.6 Å². The number of rotatable bonds is 9. The number of hydrogen-bond donors (Lipinski definition) is 1. The van der Waals surface area contributed by atoms with Gasteiger partial charge in [0.25, 0.3) is 0 Å². The SMILES string of the molecule is CCCS(=O)(=O)CCC1(CNC(C)C)CCOC1C1CC1. The van der Waals surface area contributed by atoms with E-state index in [4.69, 9.17) is 4.74 Å². The summed E-state index contributed by atoms with van der Waals surface area (Å²) in [6, 6.07) is 0.426. The Balaban J connectivity index is 2.04. The van der Waals surface area contributed by atoms with Crippen LogP contribution in [0.2, 0.25) is 0 Å². The topological polar surface area (TPSA) is 55.4 Å². The average Bonchev–Trinajstić information content (AvgIpc) is 3.15. The quantitative estimate of drug-likeness (QED) is 0.709. The molecule has 1 aliphatic heterocycles. The average molecular weight is 317 g/mol. The minimum absolute atomic E-state index is 0.0201. The van der Waals surface area contributed by atoms with E-state index in [-0.39, 0.29) is 11.5 Å². The first-order chi connectivity index (χ1) is 9.88. The summed E-state index contributed by atoms with van der Waals surface area (Å²) in [5, 5.41) is 3.53. The van der Waals surface area contributed by atoms with Gasteiger partial charge in [-0.1, -0.05) is 20.8 Å². The molecule has 2 rings (SSSR count). The molecule has 21 heavy (non-hydrogen) atoms. The van der Waals surface area contributed by atoms with Crippen LogP contribution in [0.5, 0.6) is 0 Å². The molecular formula is C16H31NO3S. The smallest absolute Gasteiger partial charge is 0.150 e. The Hall–Kier alpha value is -0.130. The van der Waals surface area contributed by atoms with Crippen LogP contribution in [0.15, 0.2) is 0 Å². The molecule has 1 N–H and O–H groups in total. The molecule has 0 bridgehead atoms. The molecule has 124 valence electrons. The highest BCUT2D eigenvalue weighted by molar-refractivity contribution is 7.91. The van der Waals surface area contributed by atoms with Gasteiger partial charge < -0.3 is 10.1 Å². The standard InChI is InChI=1S/C16H31NO3S/c1-4-10-21(18,19)11-8-16(12-17-13(2)3)7-9-20-15(16)14-5-6-14/h13-15,17H,4-12H2,1-3H3. The normalized spacial score (nSPS) is 30.2. The van der Waals surface area contributed by atoms with E-state index < -0.39 is 9.84 Å². The zero-order valence-corrected chi connectivity index (χ0v) is 14.5. The molecule has 1 saturated carbocycles. The number of nitrogens with one attached hydrogen (secondary N) is 1. The van der Waals surface area contributed by atoms with Crippen LogP contribution in [0.1, 0.15) is 52.9 Å². The lowest BCUT2D eigenvalue weighted by Crippen LogP contribution is -2.45. The van der Waals surface area contributed by atoms with Crippen molar-refractivity contribution in [2.24, 2.45) is 11.3 Å². The summed E-state index contributed by atoms with van der Waals surface area (Å²) in [4.78, 5) is 0. The summed E-state index contributed by atoms with van der Waals surface area (Å²) >= 11 is 0. The van der Waals surface area contributed by atoms with E-state index in [1.54, 1.807) is 0 Å². The molecule has 0 radical (unpaired) electrons. The Kier molecular flexibility index (Phi) is 5.71. The van der Waals surface area contributed by atoms with Gasteiger partial charge in [0.15, 0.2) is 0 Å². The van der Waals surface area contributed by atoms with Gasteiger partial charge in [0.2, 0.25) is 0 Å². The fourth-order valence-electron chi connectivity index (χ4n) is 3.47. The maximum absolute atomic E-state index is 12.1. The second kappa shape index (κ2) is 6.97. The van der Waals surface area contributed by atoms with E-state index in [1.807, 2.05) is 6.92 Å². The number of ether oxygens (including phenoxy) is 1. The first kappa shape index (κ1) is 17.2. The lowest BCUT2D eigenvalue weighted by atomic mass is 9.76. The van der Waals surface area contributed by atoms with Crippen LogP contribution in [0, 0.1) is 11.3 Å². The van der Waals surface area contributed by atoms with Crippen molar-refractivity contribution in [2.45, 2.75) is 65.0 Å². The summed E-state index contributed by atoms with van der Waals surface area (Å²) in [5.74, 6) is 1.29. The van der Waals surface area contributed by atoms with Crippen molar-refractivity contribution < 1.29 is 13.2 Å². The molecule has 2 fully saturated rings. The van der Waals surface area contributed by atoms with Crippen molar-refractivity contribution in [1.82, 2.24) is 5.32 Å². The van der Waals surface area contributed by atoms with E-state index in [9.17, 15) is 8.42 Å². The van der Waals surface area contributed by atoms with E-state index in [1.165, 1.54) is 12.8 Å². The van der Waals surface area contributed by atoms with Crippen LogP contribution in [0.25, 0.3) is 0 Å². The van der Waals surface area contributed by atoms with Gasteiger partial charge in [0.1, 0.15) is 9.84 Å². The largest absolute Gasteiger partial charge is 0.377 e. The Morgan fingerprint density at radius 2 is 2.00 bits per heavy atom. The fraction of sp³-hybridized carbons (Fsp3) is 1.00. The van der Waals surface area contributed by atoms with Crippen molar-refractivity contribution in [3.63, 3.8) is 0 Å². The Morgan fingerprint density at radius 1 is 1.29 bits per heavy atom. The van der Waals surface area contributed by atoms with Crippen molar-refractivity contribution in [3.8, 4) is 0 Å². The highest BCUT2D eigenvalue weighted by atomic mass is 32.2. The highest BCUT2D eigenvalue weighted by Gasteiger charge is 2.50. The summed E-state index contributed by atoms with van der Waals surface area (Å²) < 4.78 is 30.2. The minimum atomic E-state index is -2.91. The maximum Gasteiger partial charge on any atom is 0.150 e. The molecule has 2 unspecified atom stereocenters. The predicted molar refractivity (Wildman–Crippen MR) is 86.2 cm³/mol. The van der Waals surface area contributed by atoms with Gasteiger partial charge in [0.05, 0.1) is 11.9 Å². The van der Waals surface area contributed by atoms with E-state index in [0.717, 1.165) is 26.0 Å². The van der Waals surface area contributed by atoms with Gasteiger partial charge >= 0.3 is 0 Å². The van der Waals surface area contributed by atoms with Crippen molar-refractivity contribution in [1.29, 1.82) is 0 Å². The molecule has 2 aliphatic rings. The van der Waals surface area contributed by atoms with Crippen LogP contribution < -0.4 is 5.32 Å². The second-order valence-electron chi connectivity index (χ2n) is 7.18. The third-order valence-corrected chi connectivity index (χ3v) is 6.70. The summed E-state index contributed by atoms with van der Waals surface area (Å²) in [6.07, 6.45) is 5.21. The molecule has 1 heterocycles. The third kappa shape index (κ3) is 4.67. The van der Waals surface area contributed by atoms with Crippen molar-refractivity contribution >= 4 is 9.84 Å². The first-order valence-corrected chi connectivity index (χ1v) is 10.3. The molecule has 0 aromatic rings. The van der Waals surface area contributed by atoms with Gasteiger partial charge in [-0.2, -0.15) is 0 Å². The molecule has 2 atom stereocenters. The molecule has 4 nitrogen and oxygen atoms in total. The van der Waals surface area contributed by atoms with Gasteiger partial charge in [-0.05, 0) is 38.0 Å². The van der Waals surface area contributed by atoms with Crippen LogP contribution in [0.3, 0.4) is 0 Å². The van der Waals surface area contributed by atoms with Crippen LogP contribution in [0.4, 0.5) is 0 Å². The fourth-order valence-corrected chi connectivity index (χ4v) is 5.01.